The number of halogens is 2. The van der Waals surface area contributed by atoms with Crippen molar-refractivity contribution < 1.29 is 13.6 Å². The number of amides is 1. The van der Waals surface area contributed by atoms with Crippen LogP contribution in [0.25, 0.3) is 0 Å². The lowest BCUT2D eigenvalue weighted by molar-refractivity contribution is -0.122. The molecule has 0 aliphatic carbocycles. The Hall–Kier alpha value is -2.77. The van der Waals surface area contributed by atoms with E-state index in [1.54, 1.807) is 19.3 Å². The molecule has 1 aliphatic rings. The second-order valence-corrected chi connectivity index (χ2v) is 6.85. The molecule has 1 atom stereocenters. The summed E-state index contributed by atoms with van der Waals surface area (Å²) in [6.45, 7) is 1.50. The van der Waals surface area contributed by atoms with Gasteiger partial charge in [-0.05, 0) is 24.8 Å². The van der Waals surface area contributed by atoms with Gasteiger partial charge < -0.3 is 10.2 Å². The largest absolute Gasteiger partial charge is 0.370 e. The van der Waals surface area contributed by atoms with Gasteiger partial charge in [0.05, 0.1) is 11.9 Å². The van der Waals surface area contributed by atoms with Crippen molar-refractivity contribution in [1.82, 2.24) is 15.1 Å². The first kappa shape index (κ1) is 19.0. The quantitative estimate of drug-likeness (QED) is 0.867. The number of nitrogens with one attached hydrogen (secondary N) is 1. The van der Waals surface area contributed by atoms with E-state index in [0.717, 1.165) is 31.1 Å². The lowest BCUT2D eigenvalue weighted by atomic mass is 9.94. The number of benzene rings is 1. The van der Waals surface area contributed by atoms with Gasteiger partial charge in [0.15, 0.2) is 0 Å². The zero-order valence-electron chi connectivity index (χ0n) is 15.1. The fourth-order valence-corrected chi connectivity index (χ4v) is 3.29. The molecule has 8 heteroatoms. The Morgan fingerprint density at radius 3 is 2.89 bits per heavy atom. The predicted octanol–water partition coefficient (Wildman–Crippen LogP) is 1.98. The van der Waals surface area contributed by atoms with E-state index in [2.05, 4.69) is 15.3 Å². The van der Waals surface area contributed by atoms with Crippen molar-refractivity contribution in [3.8, 4) is 0 Å². The summed E-state index contributed by atoms with van der Waals surface area (Å²) in [5, 5.41) is 6.73. The van der Waals surface area contributed by atoms with Gasteiger partial charge in [0.25, 0.3) is 5.56 Å². The van der Waals surface area contributed by atoms with Crippen molar-refractivity contribution in [2.24, 2.45) is 13.0 Å². The number of hydrogen-bond acceptors (Lipinski definition) is 4. The molecule has 1 fully saturated rings. The van der Waals surface area contributed by atoms with Crippen molar-refractivity contribution in [2.45, 2.75) is 25.8 Å². The number of carbonyl (C=O) groups excluding carboxylic acids is 1. The first-order chi connectivity index (χ1) is 12.9. The summed E-state index contributed by atoms with van der Waals surface area (Å²) in [5.41, 5.74) is 0.839. The van der Waals surface area contributed by atoms with Gasteiger partial charge in [0, 0.05) is 50.8 Å². The van der Waals surface area contributed by atoms with Crippen LogP contribution in [0.3, 0.4) is 0 Å². The molecule has 27 heavy (non-hydrogen) atoms. The summed E-state index contributed by atoms with van der Waals surface area (Å²) < 4.78 is 27.8. The molecular weight excluding hydrogens is 354 g/mol. The monoisotopic (exact) mass is 376 g/mol. The highest BCUT2D eigenvalue weighted by Crippen LogP contribution is 2.23. The molecule has 1 N–H and O–H groups in total. The molecule has 144 valence electrons. The van der Waals surface area contributed by atoms with Gasteiger partial charge in [-0.15, -0.1) is 0 Å². The van der Waals surface area contributed by atoms with Gasteiger partial charge in [-0.1, -0.05) is 6.07 Å². The molecule has 0 radical (unpaired) electrons. The molecule has 0 bridgehead atoms. The second-order valence-electron chi connectivity index (χ2n) is 6.85. The molecule has 1 aliphatic heterocycles. The SMILES string of the molecule is Cn1ncc(N2CCCC(CC(=O)NCc3ccc(F)cc3F)C2)cc1=O. The van der Waals surface area contributed by atoms with Gasteiger partial charge in [0.1, 0.15) is 11.6 Å². The third-order valence-corrected chi connectivity index (χ3v) is 4.80. The second kappa shape index (κ2) is 8.28. The van der Waals surface area contributed by atoms with E-state index in [0.29, 0.717) is 13.0 Å². The van der Waals surface area contributed by atoms with Crippen LogP contribution in [0.5, 0.6) is 0 Å². The zero-order chi connectivity index (χ0) is 19.4. The maximum absolute atomic E-state index is 13.6. The minimum Gasteiger partial charge on any atom is -0.370 e. The van der Waals surface area contributed by atoms with E-state index < -0.39 is 11.6 Å². The van der Waals surface area contributed by atoms with Crippen LogP contribution in [0.4, 0.5) is 14.5 Å². The van der Waals surface area contributed by atoms with Crippen LogP contribution in [0.1, 0.15) is 24.8 Å². The van der Waals surface area contributed by atoms with Crippen LogP contribution >= 0.6 is 0 Å². The summed E-state index contributed by atoms with van der Waals surface area (Å²) in [4.78, 5) is 26.0. The summed E-state index contributed by atoms with van der Waals surface area (Å²) in [5.74, 6) is -1.35. The first-order valence-corrected chi connectivity index (χ1v) is 8.91. The maximum atomic E-state index is 13.6. The minimum absolute atomic E-state index is 0.0278. The molecule has 0 saturated carbocycles. The number of anilines is 1. The van der Waals surface area contributed by atoms with Crippen molar-refractivity contribution >= 4 is 11.6 Å². The predicted molar refractivity (Wildman–Crippen MR) is 97.2 cm³/mol. The number of aromatic nitrogens is 2. The Labute approximate surface area is 155 Å². The maximum Gasteiger partial charge on any atom is 0.268 e. The molecule has 1 amide bonds. The van der Waals surface area contributed by atoms with Crippen LogP contribution < -0.4 is 15.8 Å². The van der Waals surface area contributed by atoms with E-state index in [1.807, 2.05) is 0 Å². The molecule has 1 aromatic heterocycles. The van der Waals surface area contributed by atoms with E-state index in [9.17, 15) is 18.4 Å². The number of piperidine rings is 1. The van der Waals surface area contributed by atoms with E-state index in [-0.39, 0.29) is 29.5 Å². The molecule has 2 heterocycles. The molecule has 3 rings (SSSR count). The molecule has 0 spiro atoms. The average Bonchev–Trinajstić information content (AvgIpc) is 2.63. The Morgan fingerprint density at radius 1 is 1.33 bits per heavy atom. The molecule has 2 aromatic rings. The Balaban J connectivity index is 1.54. The van der Waals surface area contributed by atoms with Crippen LogP contribution in [0.2, 0.25) is 0 Å². The Kier molecular flexibility index (Phi) is 5.83. The van der Waals surface area contributed by atoms with Crippen LogP contribution in [0.15, 0.2) is 35.3 Å². The summed E-state index contributed by atoms with van der Waals surface area (Å²) >= 11 is 0. The smallest absolute Gasteiger partial charge is 0.268 e. The van der Waals surface area contributed by atoms with Crippen LogP contribution in [-0.2, 0) is 18.4 Å². The zero-order valence-corrected chi connectivity index (χ0v) is 15.1. The third-order valence-electron chi connectivity index (χ3n) is 4.80. The number of rotatable bonds is 5. The standard InChI is InChI=1S/C19H22F2N4O2/c1-24-19(27)9-16(11-23-24)25-6-2-3-13(12-25)7-18(26)22-10-14-4-5-15(20)8-17(14)21/h4-5,8-9,11,13H,2-3,6-7,10,12H2,1H3,(H,22,26). The van der Waals surface area contributed by atoms with Crippen LogP contribution in [-0.4, -0.2) is 28.8 Å². The van der Waals surface area contributed by atoms with Crippen molar-refractivity contribution in [3.63, 3.8) is 0 Å². The Morgan fingerprint density at radius 2 is 2.15 bits per heavy atom. The minimum atomic E-state index is -0.669. The number of carbonyl (C=O) groups is 1. The van der Waals surface area contributed by atoms with Gasteiger partial charge in [0.2, 0.25) is 5.91 Å². The van der Waals surface area contributed by atoms with Crippen molar-refractivity contribution in [1.29, 1.82) is 0 Å². The molecule has 1 aromatic carbocycles. The fourth-order valence-electron chi connectivity index (χ4n) is 3.29. The number of aryl methyl sites for hydroxylation is 1. The van der Waals surface area contributed by atoms with Gasteiger partial charge in [-0.3, -0.25) is 9.59 Å². The van der Waals surface area contributed by atoms with E-state index >= 15 is 0 Å². The Bertz CT molecular complexity index is 884. The molecule has 6 nitrogen and oxygen atoms in total. The first-order valence-electron chi connectivity index (χ1n) is 8.91. The molecular formula is C19H22F2N4O2. The highest BCUT2D eigenvalue weighted by Gasteiger charge is 2.23. The summed E-state index contributed by atoms with van der Waals surface area (Å²) in [7, 11) is 1.60. The highest BCUT2D eigenvalue weighted by molar-refractivity contribution is 5.76. The lowest BCUT2D eigenvalue weighted by Crippen LogP contribution is -2.38. The van der Waals surface area contributed by atoms with Crippen molar-refractivity contribution in [2.75, 3.05) is 18.0 Å². The lowest BCUT2D eigenvalue weighted by Gasteiger charge is -2.33. The van der Waals surface area contributed by atoms with E-state index in [4.69, 9.17) is 0 Å². The fraction of sp³-hybridized carbons (Fsp3) is 0.421. The van der Waals surface area contributed by atoms with E-state index in [1.165, 1.54) is 16.8 Å². The summed E-state index contributed by atoms with van der Waals surface area (Å²) in [6, 6.07) is 4.85. The molecule has 1 unspecified atom stereocenters. The number of hydrogen-bond donors (Lipinski definition) is 1. The van der Waals surface area contributed by atoms with Crippen molar-refractivity contribution in [3.05, 3.63) is 58.0 Å². The number of nitrogens with zero attached hydrogens (tertiary/aromatic N) is 3. The topological polar surface area (TPSA) is 67.2 Å². The van der Waals surface area contributed by atoms with Crippen LogP contribution in [0, 0.1) is 17.6 Å². The van der Waals surface area contributed by atoms with Gasteiger partial charge in [-0.2, -0.15) is 5.10 Å². The molecule has 1 saturated heterocycles. The third kappa shape index (κ3) is 4.90. The highest BCUT2D eigenvalue weighted by atomic mass is 19.1. The van der Waals surface area contributed by atoms with Gasteiger partial charge in [-0.25, -0.2) is 13.5 Å². The average molecular weight is 376 g/mol. The van der Waals surface area contributed by atoms with Gasteiger partial charge >= 0.3 is 0 Å². The normalized spacial score (nSPS) is 17.0. The summed E-state index contributed by atoms with van der Waals surface area (Å²) in [6.07, 6.45) is 3.80.